The molecular weight excluding hydrogens is 196 g/mol. The molecule has 0 saturated carbocycles. The van der Waals surface area contributed by atoms with Crippen LogP contribution < -0.4 is 5.32 Å². The average molecular weight is 212 g/mol. The topological polar surface area (TPSA) is 73.0 Å². The van der Waals surface area contributed by atoms with Crippen LogP contribution in [0.15, 0.2) is 6.33 Å². The van der Waals surface area contributed by atoms with E-state index in [2.05, 4.69) is 24.1 Å². The van der Waals surface area contributed by atoms with Crippen molar-refractivity contribution in [3.8, 4) is 0 Å². The second-order valence-corrected chi connectivity index (χ2v) is 3.89. The normalized spacial score (nSPS) is 10.7. The van der Waals surface area contributed by atoms with E-state index in [0.717, 1.165) is 13.0 Å². The van der Waals surface area contributed by atoms with Gasteiger partial charge in [-0.25, -0.2) is 0 Å². The maximum Gasteiger partial charge on any atom is 0.406 e. The average Bonchev–Trinajstić information content (AvgIpc) is 2.47. The van der Waals surface area contributed by atoms with E-state index in [0.29, 0.717) is 11.7 Å². The highest BCUT2D eigenvalue weighted by molar-refractivity contribution is 5.51. The summed E-state index contributed by atoms with van der Waals surface area (Å²) in [5.74, 6) is 0.937. The molecule has 1 aromatic rings. The lowest BCUT2D eigenvalue weighted by Crippen LogP contribution is -2.09. The van der Waals surface area contributed by atoms with Crippen LogP contribution in [-0.4, -0.2) is 21.0 Å². The molecule has 1 aromatic heterocycles. The summed E-state index contributed by atoms with van der Waals surface area (Å²) in [7, 11) is 1.73. The molecule has 6 nitrogen and oxygen atoms in total. The number of anilines is 1. The molecule has 0 radical (unpaired) electrons. The van der Waals surface area contributed by atoms with Gasteiger partial charge in [-0.15, -0.1) is 0 Å². The number of nitrogens with one attached hydrogen (secondary N) is 1. The quantitative estimate of drug-likeness (QED) is 0.596. The first kappa shape index (κ1) is 11.5. The van der Waals surface area contributed by atoms with Crippen LogP contribution in [0.5, 0.6) is 0 Å². The fourth-order valence-electron chi connectivity index (χ4n) is 1.23. The molecular formula is C9H16N4O2. The Morgan fingerprint density at radius 2 is 2.33 bits per heavy atom. The Morgan fingerprint density at radius 3 is 2.87 bits per heavy atom. The second kappa shape index (κ2) is 4.77. The van der Waals surface area contributed by atoms with Gasteiger partial charge in [0.15, 0.2) is 0 Å². The van der Waals surface area contributed by atoms with Gasteiger partial charge >= 0.3 is 5.82 Å². The molecule has 0 saturated heterocycles. The molecule has 6 heteroatoms. The van der Waals surface area contributed by atoms with Crippen molar-refractivity contribution in [3.05, 3.63) is 16.4 Å². The van der Waals surface area contributed by atoms with Crippen LogP contribution >= 0.6 is 0 Å². The van der Waals surface area contributed by atoms with Gasteiger partial charge in [0.25, 0.3) is 0 Å². The molecule has 0 amide bonds. The van der Waals surface area contributed by atoms with Crippen molar-refractivity contribution >= 4 is 11.6 Å². The lowest BCUT2D eigenvalue weighted by atomic mass is 10.1. The molecule has 0 aromatic carbocycles. The zero-order chi connectivity index (χ0) is 11.4. The molecule has 0 atom stereocenters. The van der Waals surface area contributed by atoms with E-state index in [1.54, 1.807) is 11.6 Å². The zero-order valence-corrected chi connectivity index (χ0v) is 9.23. The van der Waals surface area contributed by atoms with E-state index in [-0.39, 0.29) is 5.82 Å². The highest BCUT2D eigenvalue weighted by Crippen LogP contribution is 2.20. The van der Waals surface area contributed by atoms with Crippen molar-refractivity contribution in [3.63, 3.8) is 0 Å². The summed E-state index contributed by atoms with van der Waals surface area (Å²) in [5, 5.41) is 13.7. The minimum atomic E-state index is -0.474. The molecule has 0 unspecified atom stereocenters. The van der Waals surface area contributed by atoms with E-state index in [9.17, 15) is 10.1 Å². The Kier molecular flexibility index (Phi) is 3.65. The molecule has 0 aliphatic heterocycles. The van der Waals surface area contributed by atoms with E-state index < -0.39 is 4.92 Å². The third-order valence-corrected chi connectivity index (χ3v) is 2.10. The molecule has 1 N–H and O–H groups in total. The highest BCUT2D eigenvalue weighted by atomic mass is 16.6. The monoisotopic (exact) mass is 212 g/mol. The molecule has 84 valence electrons. The Bertz CT molecular complexity index is 346. The fraction of sp³-hybridized carbons (Fsp3) is 0.667. The van der Waals surface area contributed by atoms with Gasteiger partial charge in [-0.05, 0) is 22.2 Å². The molecule has 15 heavy (non-hydrogen) atoms. The minimum Gasteiger partial charge on any atom is -0.364 e. The standard InChI is InChI=1S/C9H16N4O2/c1-7(2)4-5-10-8-9(13(14)15)11-6-12(8)3/h6-7,10H,4-5H2,1-3H3. The summed E-state index contributed by atoms with van der Waals surface area (Å²) in [6.07, 6.45) is 2.41. The van der Waals surface area contributed by atoms with Crippen molar-refractivity contribution in [2.75, 3.05) is 11.9 Å². The lowest BCUT2D eigenvalue weighted by Gasteiger charge is -2.07. The first-order chi connectivity index (χ1) is 7.02. The smallest absolute Gasteiger partial charge is 0.364 e. The number of aryl methyl sites for hydroxylation is 1. The summed E-state index contributed by atoms with van der Waals surface area (Å²) >= 11 is 0. The Labute approximate surface area is 88.5 Å². The van der Waals surface area contributed by atoms with Crippen LogP contribution in [-0.2, 0) is 7.05 Å². The molecule has 1 rings (SSSR count). The number of hydrogen-bond acceptors (Lipinski definition) is 4. The van der Waals surface area contributed by atoms with Crippen LogP contribution in [0.25, 0.3) is 0 Å². The number of aromatic nitrogens is 2. The minimum absolute atomic E-state index is 0.110. The maximum atomic E-state index is 10.6. The van der Waals surface area contributed by atoms with Crippen LogP contribution in [0.3, 0.4) is 0 Å². The lowest BCUT2D eigenvalue weighted by molar-refractivity contribution is -0.388. The first-order valence-corrected chi connectivity index (χ1v) is 4.92. The molecule has 0 fully saturated rings. The molecule has 0 aliphatic rings. The molecule has 0 bridgehead atoms. The number of nitro groups is 1. The summed E-state index contributed by atoms with van der Waals surface area (Å²) in [4.78, 5) is 13.9. The van der Waals surface area contributed by atoms with E-state index >= 15 is 0 Å². The van der Waals surface area contributed by atoms with Gasteiger partial charge in [0.05, 0.1) is 0 Å². The maximum absolute atomic E-state index is 10.6. The van der Waals surface area contributed by atoms with Gasteiger partial charge in [0.1, 0.15) is 0 Å². The van der Waals surface area contributed by atoms with Crippen molar-refractivity contribution in [1.82, 2.24) is 9.55 Å². The predicted octanol–water partition coefficient (Wildman–Crippen LogP) is 1.79. The van der Waals surface area contributed by atoms with E-state index in [1.807, 2.05) is 0 Å². The van der Waals surface area contributed by atoms with Crippen molar-refractivity contribution in [2.24, 2.45) is 13.0 Å². The Morgan fingerprint density at radius 1 is 1.67 bits per heavy atom. The van der Waals surface area contributed by atoms with Crippen molar-refractivity contribution in [2.45, 2.75) is 20.3 Å². The van der Waals surface area contributed by atoms with Gasteiger partial charge in [0, 0.05) is 13.6 Å². The third kappa shape index (κ3) is 2.93. The second-order valence-electron chi connectivity index (χ2n) is 3.89. The number of nitrogens with zero attached hydrogens (tertiary/aromatic N) is 3. The van der Waals surface area contributed by atoms with Crippen LogP contribution in [0, 0.1) is 16.0 Å². The number of rotatable bonds is 5. The largest absolute Gasteiger partial charge is 0.406 e. The number of hydrogen-bond donors (Lipinski definition) is 1. The first-order valence-electron chi connectivity index (χ1n) is 4.92. The number of imidazole rings is 1. The van der Waals surface area contributed by atoms with Gasteiger partial charge < -0.3 is 15.4 Å². The molecule has 0 spiro atoms. The van der Waals surface area contributed by atoms with E-state index in [4.69, 9.17) is 0 Å². The van der Waals surface area contributed by atoms with Crippen molar-refractivity contribution in [1.29, 1.82) is 0 Å². The summed E-state index contributed by atoms with van der Waals surface area (Å²) in [6, 6.07) is 0. The van der Waals surface area contributed by atoms with Gasteiger partial charge in [-0.1, -0.05) is 13.8 Å². The van der Waals surface area contributed by atoms with Crippen molar-refractivity contribution < 1.29 is 4.92 Å². The van der Waals surface area contributed by atoms with Crippen LogP contribution in [0.4, 0.5) is 11.6 Å². The summed E-state index contributed by atoms with van der Waals surface area (Å²) in [5.41, 5.74) is 0. The fourth-order valence-corrected chi connectivity index (χ4v) is 1.23. The predicted molar refractivity (Wildman–Crippen MR) is 57.8 cm³/mol. The van der Waals surface area contributed by atoms with Gasteiger partial charge in [0.2, 0.25) is 12.1 Å². The van der Waals surface area contributed by atoms with E-state index in [1.165, 1.54) is 6.33 Å². The van der Waals surface area contributed by atoms with Gasteiger partial charge in [-0.3, -0.25) is 4.57 Å². The SMILES string of the molecule is CC(C)CCNc1c([N+](=O)[O-])ncn1C. The summed E-state index contributed by atoms with van der Waals surface area (Å²) < 4.78 is 1.62. The molecule has 0 aliphatic carbocycles. The van der Waals surface area contributed by atoms with Gasteiger partial charge in [-0.2, -0.15) is 0 Å². The third-order valence-electron chi connectivity index (χ3n) is 2.10. The highest BCUT2D eigenvalue weighted by Gasteiger charge is 2.19. The zero-order valence-electron chi connectivity index (χ0n) is 9.23. The van der Waals surface area contributed by atoms with Crippen LogP contribution in [0.1, 0.15) is 20.3 Å². The summed E-state index contributed by atoms with van der Waals surface area (Å²) in [6.45, 7) is 4.94. The Balaban J connectivity index is 2.66. The van der Waals surface area contributed by atoms with Crippen LogP contribution in [0.2, 0.25) is 0 Å². The Hall–Kier alpha value is -1.59. The molecule has 1 heterocycles.